The van der Waals surface area contributed by atoms with E-state index in [1.54, 1.807) is 44.2 Å². The van der Waals surface area contributed by atoms with Crippen molar-refractivity contribution in [1.82, 2.24) is 0 Å². The second kappa shape index (κ2) is 8.42. The molecule has 0 aliphatic rings. The summed E-state index contributed by atoms with van der Waals surface area (Å²) in [7, 11) is -2.63. The first-order valence-electron chi connectivity index (χ1n) is 7.86. The predicted octanol–water partition coefficient (Wildman–Crippen LogP) is 3.50. The van der Waals surface area contributed by atoms with Crippen LogP contribution in [0.1, 0.15) is 13.8 Å². The maximum atomic E-state index is 13.2. The van der Waals surface area contributed by atoms with Gasteiger partial charge >= 0.3 is 5.97 Å². The Morgan fingerprint density at radius 2 is 1.81 bits per heavy atom. The number of carbonyl (C=O) groups excluding carboxylic acids is 1. The van der Waals surface area contributed by atoms with Gasteiger partial charge in [-0.15, -0.1) is 0 Å². The molecule has 2 aromatic carbocycles. The van der Waals surface area contributed by atoms with Gasteiger partial charge in [-0.25, -0.2) is 8.42 Å². The summed E-state index contributed by atoms with van der Waals surface area (Å²) in [5.41, 5.74) is 0.157. The largest absolute Gasteiger partial charge is 0.495 e. The lowest BCUT2D eigenvalue weighted by atomic mass is 10.3. The standard InChI is InChI=1S/C18H20ClNO5S/c1-13(2)25-18(21)12-20(16-11-14(19)9-10-17(16)24-3)26(22,23)15-7-5-4-6-8-15/h4-11,13H,12H2,1-3H3. The maximum Gasteiger partial charge on any atom is 0.327 e. The number of carbonyl (C=O) groups is 1. The first-order valence-corrected chi connectivity index (χ1v) is 9.68. The van der Waals surface area contributed by atoms with Gasteiger partial charge in [-0.05, 0) is 44.2 Å². The van der Waals surface area contributed by atoms with Crippen LogP contribution in [0.4, 0.5) is 5.69 Å². The third-order valence-corrected chi connectivity index (χ3v) is 5.39. The fourth-order valence-electron chi connectivity index (χ4n) is 2.29. The lowest BCUT2D eigenvalue weighted by Crippen LogP contribution is -2.37. The number of nitrogens with zero attached hydrogens (tertiary/aromatic N) is 1. The summed E-state index contributed by atoms with van der Waals surface area (Å²) in [4.78, 5) is 12.2. The Bertz CT molecular complexity index is 868. The van der Waals surface area contributed by atoms with E-state index in [2.05, 4.69) is 0 Å². The van der Waals surface area contributed by atoms with E-state index in [0.29, 0.717) is 5.02 Å². The van der Waals surface area contributed by atoms with Gasteiger partial charge in [0.1, 0.15) is 12.3 Å². The Hall–Kier alpha value is -2.25. The van der Waals surface area contributed by atoms with Gasteiger partial charge in [-0.1, -0.05) is 29.8 Å². The quantitative estimate of drug-likeness (QED) is 0.668. The summed E-state index contributed by atoms with van der Waals surface area (Å²) in [5, 5.41) is 0.311. The Balaban J connectivity index is 2.56. The molecule has 0 atom stereocenters. The summed E-state index contributed by atoms with van der Waals surface area (Å²) in [6, 6.07) is 12.4. The molecule has 0 fully saturated rings. The van der Waals surface area contributed by atoms with E-state index in [1.165, 1.54) is 25.3 Å². The molecule has 0 heterocycles. The zero-order valence-electron chi connectivity index (χ0n) is 14.7. The highest BCUT2D eigenvalue weighted by atomic mass is 35.5. The summed E-state index contributed by atoms with van der Waals surface area (Å²) in [6.45, 7) is 2.87. The Kier molecular flexibility index (Phi) is 6.50. The van der Waals surface area contributed by atoms with Crippen molar-refractivity contribution in [3.8, 4) is 5.75 Å². The number of hydrogen-bond acceptors (Lipinski definition) is 5. The minimum absolute atomic E-state index is 0.0411. The fraction of sp³-hybridized carbons (Fsp3) is 0.278. The third-order valence-electron chi connectivity index (χ3n) is 3.38. The molecule has 2 aromatic rings. The zero-order chi connectivity index (χ0) is 19.3. The molecule has 26 heavy (non-hydrogen) atoms. The number of anilines is 1. The van der Waals surface area contributed by atoms with Crippen LogP contribution in [0, 0.1) is 0 Å². The van der Waals surface area contributed by atoms with Gasteiger partial charge in [0.25, 0.3) is 10.0 Å². The molecule has 0 saturated heterocycles. The minimum Gasteiger partial charge on any atom is -0.495 e. The lowest BCUT2D eigenvalue weighted by Gasteiger charge is -2.25. The maximum absolute atomic E-state index is 13.2. The number of hydrogen-bond donors (Lipinski definition) is 0. The number of halogens is 1. The second-order valence-electron chi connectivity index (χ2n) is 5.68. The van der Waals surface area contributed by atoms with Gasteiger partial charge in [-0.3, -0.25) is 9.10 Å². The second-order valence-corrected chi connectivity index (χ2v) is 7.98. The topological polar surface area (TPSA) is 72.9 Å². The molecular weight excluding hydrogens is 378 g/mol. The van der Waals surface area contributed by atoms with Crippen LogP contribution in [0.5, 0.6) is 5.75 Å². The van der Waals surface area contributed by atoms with Gasteiger partial charge in [0.15, 0.2) is 0 Å². The highest BCUT2D eigenvalue weighted by molar-refractivity contribution is 7.92. The van der Waals surface area contributed by atoms with Crippen LogP contribution in [-0.4, -0.2) is 34.1 Å². The summed E-state index contributed by atoms with van der Waals surface area (Å²) in [5.74, 6) is -0.409. The molecule has 0 saturated carbocycles. The van der Waals surface area contributed by atoms with Crippen LogP contribution in [0.25, 0.3) is 0 Å². The number of rotatable bonds is 7. The molecule has 0 bridgehead atoms. The van der Waals surface area contributed by atoms with E-state index in [1.807, 2.05) is 0 Å². The third kappa shape index (κ3) is 4.68. The summed E-state index contributed by atoms with van der Waals surface area (Å²) < 4.78 is 37.6. The van der Waals surface area contributed by atoms with Crippen molar-refractivity contribution in [1.29, 1.82) is 0 Å². The van der Waals surface area contributed by atoms with Crippen molar-refractivity contribution in [3.63, 3.8) is 0 Å². The van der Waals surface area contributed by atoms with Crippen LogP contribution >= 0.6 is 11.6 Å². The first kappa shape index (κ1) is 20.1. The number of sulfonamides is 1. The summed E-state index contributed by atoms with van der Waals surface area (Å²) in [6.07, 6.45) is -0.370. The van der Waals surface area contributed by atoms with Gasteiger partial charge in [0.05, 0.1) is 23.8 Å². The van der Waals surface area contributed by atoms with Crippen LogP contribution in [-0.2, 0) is 19.6 Å². The van der Waals surface area contributed by atoms with Gasteiger partial charge in [-0.2, -0.15) is 0 Å². The molecule has 0 aliphatic carbocycles. The molecule has 0 aliphatic heterocycles. The van der Waals surface area contributed by atoms with E-state index in [-0.39, 0.29) is 22.4 Å². The van der Waals surface area contributed by atoms with Gasteiger partial charge < -0.3 is 9.47 Å². The number of benzene rings is 2. The Labute approximate surface area is 158 Å². The smallest absolute Gasteiger partial charge is 0.327 e. The molecule has 0 radical (unpaired) electrons. The molecule has 140 valence electrons. The van der Waals surface area contributed by atoms with Gasteiger partial charge in [0.2, 0.25) is 0 Å². The van der Waals surface area contributed by atoms with E-state index in [4.69, 9.17) is 21.1 Å². The molecule has 0 unspecified atom stereocenters. The molecule has 2 rings (SSSR count). The molecular formula is C18H20ClNO5S. The van der Waals surface area contributed by atoms with Crippen LogP contribution in [0.15, 0.2) is 53.4 Å². The lowest BCUT2D eigenvalue weighted by molar-refractivity contribution is -0.145. The van der Waals surface area contributed by atoms with Crippen molar-refractivity contribution < 1.29 is 22.7 Å². The summed E-state index contributed by atoms with van der Waals surface area (Å²) >= 11 is 6.04. The Morgan fingerprint density at radius 3 is 2.38 bits per heavy atom. The fourth-order valence-corrected chi connectivity index (χ4v) is 3.89. The average molecular weight is 398 g/mol. The van der Waals surface area contributed by atoms with E-state index in [0.717, 1.165) is 4.31 Å². The van der Waals surface area contributed by atoms with Crippen molar-refractivity contribution in [3.05, 3.63) is 53.6 Å². The average Bonchev–Trinajstić information content (AvgIpc) is 2.59. The molecule has 0 amide bonds. The number of esters is 1. The van der Waals surface area contributed by atoms with E-state index in [9.17, 15) is 13.2 Å². The first-order chi connectivity index (χ1) is 12.3. The SMILES string of the molecule is COc1ccc(Cl)cc1N(CC(=O)OC(C)C)S(=O)(=O)c1ccccc1. The monoisotopic (exact) mass is 397 g/mol. The molecule has 0 spiro atoms. The highest BCUT2D eigenvalue weighted by Crippen LogP contribution is 2.34. The number of methoxy groups -OCH3 is 1. The van der Waals surface area contributed by atoms with Crippen molar-refractivity contribution >= 4 is 33.3 Å². The van der Waals surface area contributed by atoms with Gasteiger partial charge in [0, 0.05) is 5.02 Å². The van der Waals surface area contributed by atoms with E-state index < -0.39 is 22.5 Å². The minimum atomic E-state index is -4.04. The van der Waals surface area contributed by atoms with Crippen molar-refractivity contribution in [2.24, 2.45) is 0 Å². The predicted molar refractivity (Wildman–Crippen MR) is 100 cm³/mol. The molecule has 0 aromatic heterocycles. The van der Waals surface area contributed by atoms with Crippen LogP contribution in [0.3, 0.4) is 0 Å². The zero-order valence-corrected chi connectivity index (χ0v) is 16.3. The van der Waals surface area contributed by atoms with Crippen molar-refractivity contribution in [2.75, 3.05) is 18.0 Å². The number of ether oxygens (including phenoxy) is 2. The molecule has 8 heteroatoms. The van der Waals surface area contributed by atoms with Crippen LogP contribution in [0.2, 0.25) is 5.02 Å². The van der Waals surface area contributed by atoms with Crippen LogP contribution < -0.4 is 9.04 Å². The molecule has 6 nitrogen and oxygen atoms in total. The Morgan fingerprint density at radius 1 is 1.15 bits per heavy atom. The molecule has 0 N–H and O–H groups in total. The van der Waals surface area contributed by atoms with Crippen molar-refractivity contribution in [2.45, 2.75) is 24.8 Å². The highest BCUT2D eigenvalue weighted by Gasteiger charge is 2.30. The normalized spacial score (nSPS) is 11.3. The van der Waals surface area contributed by atoms with E-state index >= 15 is 0 Å².